The smallest absolute Gasteiger partial charge is 0.410 e. The Kier molecular flexibility index (Phi) is 7.28. The van der Waals surface area contributed by atoms with Gasteiger partial charge in [-0.05, 0) is 83.5 Å². The number of phenols is 1. The predicted octanol–water partition coefficient (Wildman–Crippen LogP) is 5.31. The lowest BCUT2D eigenvalue weighted by molar-refractivity contribution is -0.385. The van der Waals surface area contributed by atoms with E-state index in [9.17, 15) is 20.0 Å². The molecule has 0 bridgehead atoms. The second-order valence-corrected chi connectivity index (χ2v) is 12.5. The number of ether oxygens (including phenoxy) is 1. The van der Waals surface area contributed by atoms with Crippen LogP contribution in [0.1, 0.15) is 71.8 Å². The zero-order valence-electron chi connectivity index (χ0n) is 22.8. The Morgan fingerprint density at radius 2 is 1.87 bits per heavy atom. The Balaban J connectivity index is 1.07. The van der Waals surface area contributed by atoms with Crippen LogP contribution in [0.3, 0.4) is 0 Å². The van der Waals surface area contributed by atoms with Crippen molar-refractivity contribution in [2.45, 2.75) is 77.4 Å². The molecule has 1 aliphatic carbocycles. The Labute approximate surface area is 224 Å². The lowest BCUT2D eigenvalue weighted by Crippen LogP contribution is -2.47. The van der Waals surface area contributed by atoms with Crippen LogP contribution in [-0.4, -0.2) is 74.0 Å². The Bertz CT molecular complexity index is 1160. The molecular formula is C28H40N5O5. The molecule has 10 nitrogen and oxygen atoms in total. The van der Waals surface area contributed by atoms with Gasteiger partial charge in [-0.3, -0.25) is 14.8 Å². The number of nitro benzene ring substituents is 1. The molecule has 3 fully saturated rings. The maximum atomic E-state index is 12.4. The summed E-state index contributed by atoms with van der Waals surface area (Å²) in [4.78, 5) is 27.4. The highest BCUT2D eigenvalue weighted by atomic mass is 16.6. The molecule has 3 aliphatic rings. The van der Waals surface area contributed by atoms with E-state index in [2.05, 4.69) is 16.4 Å². The van der Waals surface area contributed by atoms with E-state index in [4.69, 9.17) is 4.74 Å². The van der Waals surface area contributed by atoms with Crippen molar-refractivity contribution >= 4 is 22.7 Å². The van der Waals surface area contributed by atoms with E-state index < -0.39 is 10.5 Å². The number of likely N-dealkylation sites (tertiary alicyclic amines) is 2. The van der Waals surface area contributed by atoms with Crippen LogP contribution in [0.2, 0.25) is 0 Å². The average Bonchev–Trinajstić information content (AvgIpc) is 3.27. The monoisotopic (exact) mass is 526 g/mol. The van der Waals surface area contributed by atoms with Gasteiger partial charge in [-0.15, -0.1) is 0 Å². The van der Waals surface area contributed by atoms with Gasteiger partial charge < -0.3 is 19.6 Å². The van der Waals surface area contributed by atoms with E-state index >= 15 is 0 Å². The van der Waals surface area contributed by atoms with Gasteiger partial charge in [-0.25, -0.2) is 4.79 Å². The number of aromatic hydroxyl groups is 1. The average molecular weight is 527 g/mol. The molecule has 1 aromatic carbocycles. The summed E-state index contributed by atoms with van der Waals surface area (Å²) in [6, 6.07) is 3.05. The molecule has 1 radical (unpaired) electrons. The van der Waals surface area contributed by atoms with Gasteiger partial charge in [0.1, 0.15) is 5.60 Å². The first-order valence-corrected chi connectivity index (χ1v) is 13.9. The number of rotatable bonds is 4. The van der Waals surface area contributed by atoms with Gasteiger partial charge in [0.15, 0.2) is 5.75 Å². The molecule has 2 aliphatic heterocycles. The molecule has 1 aromatic heterocycles. The van der Waals surface area contributed by atoms with E-state index in [0.717, 1.165) is 45.4 Å². The molecule has 1 amide bonds. The number of aromatic nitrogens is 2. The van der Waals surface area contributed by atoms with Crippen molar-refractivity contribution in [1.82, 2.24) is 19.6 Å². The maximum absolute atomic E-state index is 12.4. The van der Waals surface area contributed by atoms with E-state index in [-0.39, 0.29) is 29.0 Å². The molecule has 38 heavy (non-hydrogen) atoms. The quantitative estimate of drug-likeness (QED) is 0.424. The second-order valence-electron chi connectivity index (χ2n) is 12.5. The first-order chi connectivity index (χ1) is 18.0. The van der Waals surface area contributed by atoms with Gasteiger partial charge in [0.2, 0.25) is 0 Å². The molecule has 5 rings (SSSR count). The summed E-state index contributed by atoms with van der Waals surface area (Å²) >= 11 is 0. The summed E-state index contributed by atoms with van der Waals surface area (Å²) in [5, 5.41) is 26.3. The van der Waals surface area contributed by atoms with Crippen LogP contribution in [0.25, 0.3) is 10.9 Å². The van der Waals surface area contributed by atoms with Crippen molar-refractivity contribution in [3.05, 3.63) is 34.9 Å². The summed E-state index contributed by atoms with van der Waals surface area (Å²) in [7, 11) is 0. The van der Waals surface area contributed by atoms with Crippen LogP contribution in [0.4, 0.5) is 10.5 Å². The molecule has 3 heterocycles. The Hall–Kier alpha value is -2.88. The van der Waals surface area contributed by atoms with Crippen molar-refractivity contribution in [1.29, 1.82) is 0 Å². The van der Waals surface area contributed by atoms with Crippen molar-refractivity contribution in [2.24, 2.45) is 11.3 Å². The van der Waals surface area contributed by atoms with Crippen LogP contribution in [0.5, 0.6) is 5.75 Å². The number of carbonyl (C=O) groups excluding carboxylic acids is 1. The molecule has 1 N–H and O–H groups in total. The molecule has 0 unspecified atom stereocenters. The third-order valence-electron chi connectivity index (χ3n) is 8.64. The zero-order valence-corrected chi connectivity index (χ0v) is 22.8. The molecule has 10 heteroatoms. The van der Waals surface area contributed by atoms with Gasteiger partial charge in [-0.2, -0.15) is 5.10 Å². The van der Waals surface area contributed by atoms with Gasteiger partial charge in [-0.1, -0.05) is 0 Å². The van der Waals surface area contributed by atoms with Crippen LogP contribution in [-0.2, 0) is 4.74 Å². The molecule has 1 saturated carbocycles. The summed E-state index contributed by atoms with van der Waals surface area (Å²) in [5.74, 6) is 0.369. The number of nitrogens with zero attached hydrogens (tertiary/aromatic N) is 5. The second kappa shape index (κ2) is 10.4. The lowest BCUT2D eigenvalue weighted by Gasteiger charge is -2.46. The summed E-state index contributed by atoms with van der Waals surface area (Å²) < 4.78 is 7.47. The van der Waals surface area contributed by atoms with Gasteiger partial charge in [0.05, 0.1) is 16.5 Å². The topological polar surface area (TPSA) is 114 Å². The van der Waals surface area contributed by atoms with E-state index in [1.807, 2.05) is 36.5 Å². The minimum absolute atomic E-state index is 0.205. The highest BCUT2D eigenvalue weighted by Crippen LogP contribution is 2.46. The van der Waals surface area contributed by atoms with Gasteiger partial charge >= 0.3 is 11.8 Å². The number of fused-ring (bicyclic) bond motifs is 1. The number of hydrogen-bond donors (Lipinski definition) is 1. The summed E-state index contributed by atoms with van der Waals surface area (Å²) in [6.45, 7) is 10.4. The standard InChI is InChI=1S/C28H40N5O5/c1-27(2,3)38-26(35)31-14-10-28(11-15-31)8-4-20(5-9-28)18-30-12-6-22(7-13-30)32-19-21-16-24(33(36)37)25(34)17-23(21)29-32/h10,16-17,19-20,22,34H,4-9,11-15,18H2,1-3H3. The largest absolute Gasteiger partial charge is 0.502 e. The van der Waals surface area contributed by atoms with E-state index in [0.29, 0.717) is 23.4 Å². The molecule has 207 valence electrons. The number of amides is 1. The normalized spacial score (nSPS) is 21.7. The Morgan fingerprint density at radius 3 is 2.47 bits per heavy atom. The van der Waals surface area contributed by atoms with Crippen LogP contribution >= 0.6 is 0 Å². The number of piperidine rings is 2. The minimum Gasteiger partial charge on any atom is -0.502 e. The van der Waals surface area contributed by atoms with Crippen LogP contribution in [0.15, 0.2) is 18.3 Å². The molecular weight excluding hydrogens is 486 g/mol. The molecule has 2 aromatic rings. The predicted molar refractivity (Wildman–Crippen MR) is 144 cm³/mol. The van der Waals surface area contributed by atoms with Crippen LogP contribution < -0.4 is 0 Å². The van der Waals surface area contributed by atoms with Crippen LogP contribution in [0, 0.1) is 27.9 Å². The Morgan fingerprint density at radius 1 is 1.16 bits per heavy atom. The van der Waals surface area contributed by atoms with Crippen molar-refractivity contribution < 1.29 is 19.6 Å². The fourth-order valence-electron chi connectivity index (χ4n) is 6.37. The first kappa shape index (κ1) is 26.7. The summed E-state index contributed by atoms with van der Waals surface area (Å²) in [5.41, 5.74) is 0.110. The first-order valence-electron chi connectivity index (χ1n) is 13.9. The van der Waals surface area contributed by atoms with E-state index in [1.54, 1.807) is 0 Å². The molecule has 1 spiro atoms. The van der Waals surface area contributed by atoms with Crippen molar-refractivity contribution in [3.8, 4) is 5.75 Å². The number of benzene rings is 1. The fraction of sp³-hybridized carbons (Fsp3) is 0.679. The number of nitro groups is 1. The fourth-order valence-corrected chi connectivity index (χ4v) is 6.37. The number of carbonyl (C=O) groups is 1. The highest BCUT2D eigenvalue weighted by molar-refractivity contribution is 5.83. The van der Waals surface area contributed by atoms with Crippen molar-refractivity contribution in [2.75, 3.05) is 32.7 Å². The van der Waals surface area contributed by atoms with E-state index in [1.165, 1.54) is 37.8 Å². The molecule has 2 saturated heterocycles. The number of hydrogen-bond acceptors (Lipinski definition) is 7. The van der Waals surface area contributed by atoms with Gasteiger partial charge in [0.25, 0.3) is 0 Å². The third kappa shape index (κ3) is 5.90. The summed E-state index contributed by atoms with van der Waals surface area (Å²) in [6.07, 6.45) is 11.9. The minimum atomic E-state index is -0.567. The highest BCUT2D eigenvalue weighted by Gasteiger charge is 2.40. The molecule has 0 atom stereocenters. The van der Waals surface area contributed by atoms with Gasteiger partial charge in [0, 0.05) is 56.4 Å². The SMILES string of the molecule is CC(C)(C)OC(=O)N1C[CH]C2(CCC(CN3CCC(n4cc5cc([N+](=O)[O-])c(O)cc5n4)CC3)CC2)CC1. The number of phenolic OH excluding ortho intramolecular Hbond substituents is 1. The lowest BCUT2D eigenvalue weighted by atomic mass is 9.65. The maximum Gasteiger partial charge on any atom is 0.410 e. The zero-order chi connectivity index (χ0) is 27.1. The van der Waals surface area contributed by atoms with Crippen molar-refractivity contribution in [3.63, 3.8) is 0 Å². The third-order valence-corrected chi connectivity index (χ3v) is 8.64.